The Morgan fingerprint density at radius 3 is 0.780 bits per heavy atom. The lowest BCUT2D eigenvalue weighted by atomic mass is 9.94. The summed E-state index contributed by atoms with van der Waals surface area (Å²) in [7, 11) is 0. The quantitative estimate of drug-likeness (QED) is 0.0841. The fraction of sp³-hybridized carbons (Fsp3) is 0.0190. The molecular formula is C105H64F3N15. The van der Waals surface area contributed by atoms with Crippen LogP contribution in [0.3, 0.4) is 0 Å². The normalized spacial score (nSPS) is 11.6. The van der Waals surface area contributed by atoms with Gasteiger partial charge in [0.05, 0.1) is 39.9 Å². The van der Waals surface area contributed by atoms with Crippen LogP contribution in [0.4, 0.5) is 18.9 Å². The third kappa shape index (κ3) is 14.2. The summed E-state index contributed by atoms with van der Waals surface area (Å²) in [4.78, 5) is 66.2. The van der Waals surface area contributed by atoms with Gasteiger partial charge in [0.2, 0.25) is 0 Å². The molecule has 0 aliphatic rings. The first-order valence-corrected chi connectivity index (χ1v) is 39.9. The number of halogens is 3. The van der Waals surface area contributed by atoms with E-state index in [1.807, 2.05) is 315 Å². The van der Waals surface area contributed by atoms with Gasteiger partial charge in [0.1, 0.15) is 0 Å². The largest absolute Gasteiger partial charge is 0.416 e. The monoisotopic (exact) mass is 1590 g/mol. The van der Waals surface area contributed by atoms with Crippen molar-refractivity contribution in [1.82, 2.24) is 68.9 Å². The minimum Gasteiger partial charge on any atom is -0.309 e. The van der Waals surface area contributed by atoms with Crippen molar-refractivity contribution >= 4 is 49.3 Å². The van der Waals surface area contributed by atoms with E-state index in [1.54, 1.807) is 13.0 Å². The number of fused-ring (bicyclic) bond motifs is 6. The maximum Gasteiger partial charge on any atom is 0.416 e. The van der Waals surface area contributed by atoms with E-state index in [9.17, 15) is 6.57 Å². The second-order valence-electron chi connectivity index (χ2n) is 29.9. The Morgan fingerprint density at radius 1 is 0.236 bits per heavy atom. The van der Waals surface area contributed by atoms with Crippen molar-refractivity contribution in [2.75, 3.05) is 0 Å². The van der Waals surface area contributed by atoms with Crippen molar-refractivity contribution in [2.24, 2.45) is 0 Å². The van der Waals surface area contributed by atoms with E-state index in [2.05, 4.69) is 50.4 Å². The lowest BCUT2D eigenvalue weighted by Gasteiger charge is -2.19. The van der Waals surface area contributed by atoms with Gasteiger partial charge in [-0.15, -0.1) is 0 Å². The number of hydrogen-bond donors (Lipinski definition) is 0. The topological polar surface area (TPSA) is 169 Å². The molecule has 15 aromatic carbocycles. The van der Waals surface area contributed by atoms with E-state index >= 15 is 13.2 Å². The van der Waals surface area contributed by atoms with Crippen LogP contribution in [0.2, 0.25) is 0 Å². The van der Waals surface area contributed by atoms with Crippen LogP contribution in [0, 0.1) is 13.5 Å². The summed E-state index contributed by atoms with van der Waals surface area (Å²) in [5, 5.41) is 3.22. The Hall–Kier alpha value is -16.8. The van der Waals surface area contributed by atoms with Crippen molar-refractivity contribution in [1.29, 1.82) is 0 Å². The molecule has 0 unspecified atom stereocenters. The van der Waals surface area contributed by atoms with Gasteiger partial charge >= 0.3 is 6.18 Å². The minimum atomic E-state index is -4.66. The molecule has 0 aliphatic heterocycles. The minimum absolute atomic E-state index is 0.279. The summed E-state index contributed by atoms with van der Waals surface area (Å²) in [5.74, 6) is 5.71. The average molecular weight is 1590 g/mol. The van der Waals surface area contributed by atoms with E-state index < -0.39 is 11.7 Å². The van der Waals surface area contributed by atoms with Gasteiger partial charge in [-0.2, -0.15) is 13.2 Å². The average Bonchev–Trinajstić information content (AvgIpc) is 1.58. The number of nitrogens with zero attached hydrogens (tertiary/aromatic N) is 15. The molecular weight excluding hydrogens is 1530 g/mol. The van der Waals surface area contributed by atoms with Crippen molar-refractivity contribution in [2.45, 2.75) is 13.1 Å². The van der Waals surface area contributed by atoms with Crippen molar-refractivity contribution in [3.63, 3.8) is 0 Å². The first-order valence-electron chi connectivity index (χ1n) is 39.9. The van der Waals surface area contributed by atoms with Crippen LogP contribution in [0.25, 0.3) is 219 Å². The molecule has 0 saturated heterocycles. The first-order chi connectivity index (χ1) is 60.4. The summed E-state index contributed by atoms with van der Waals surface area (Å²) in [6.07, 6.45) is -4.66. The summed E-state index contributed by atoms with van der Waals surface area (Å²) in [6, 6.07) is 119. The molecule has 0 N–H and O–H groups in total. The third-order valence-electron chi connectivity index (χ3n) is 22.0. The van der Waals surface area contributed by atoms with Crippen LogP contribution in [0.15, 0.2) is 370 Å². The fourth-order valence-electron chi connectivity index (χ4n) is 16.1. The predicted molar refractivity (Wildman–Crippen MR) is 481 cm³/mol. The highest BCUT2D eigenvalue weighted by Gasteiger charge is 2.32. The molecule has 21 rings (SSSR count). The number of rotatable bonds is 16. The Morgan fingerprint density at radius 2 is 0.504 bits per heavy atom. The summed E-state index contributed by atoms with van der Waals surface area (Å²) in [6.45, 7) is 10.9. The molecule has 0 spiro atoms. The van der Waals surface area contributed by atoms with E-state index in [-0.39, 0.29) is 5.69 Å². The molecule has 123 heavy (non-hydrogen) atoms. The number of hydrogen-bond acceptors (Lipinski definition) is 12. The standard InChI is InChI=1S/C105H64F3N15/c1-64-55-78(57-79(56-64)105(106,107)108)73-43-50-90(123-91-53-46-76(103-118-97(69-35-19-7-20-36-69)112-98(119-103)70-37-21-8-22-38-70)61-85(91)86-62-77(47-54-92(86)123)104-120-99(71-39-23-9-24-40-71)113-100(121-104)72-41-25-10-26-42-72)82(58-73)81-63-80(48-49-87(81)109-2)122-88-51-44-74(101-114-93(65-27-11-3-12-28-65)110-94(115-101)66-29-13-4-14-30-66)59-83(88)84-60-75(45-52-89(84)122)102-116-95(67-31-15-5-16-32-67)111-96(117-102)68-33-17-6-18-34-68/h3-63H,1H3. The summed E-state index contributed by atoms with van der Waals surface area (Å²) in [5.41, 5.74) is 15.4. The molecule has 0 bridgehead atoms. The van der Waals surface area contributed by atoms with Gasteiger partial charge in [-0.1, -0.05) is 261 Å². The van der Waals surface area contributed by atoms with Gasteiger partial charge in [-0.25, -0.2) is 64.7 Å². The Bertz CT molecular complexity index is 7130. The van der Waals surface area contributed by atoms with E-state index in [0.29, 0.717) is 131 Å². The van der Waals surface area contributed by atoms with Crippen LogP contribution in [0.5, 0.6) is 0 Å². The van der Waals surface area contributed by atoms with Gasteiger partial charge in [-0.3, -0.25) is 0 Å². The van der Waals surface area contributed by atoms with Crippen molar-refractivity contribution < 1.29 is 13.2 Å². The van der Waals surface area contributed by atoms with E-state index in [4.69, 9.17) is 59.8 Å². The zero-order valence-corrected chi connectivity index (χ0v) is 65.6. The van der Waals surface area contributed by atoms with E-state index in [1.165, 1.54) is 6.07 Å². The number of aryl methyl sites for hydroxylation is 1. The highest BCUT2D eigenvalue weighted by Crippen LogP contribution is 2.47. The van der Waals surface area contributed by atoms with Crippen LogP contribution >= 0.6 is 0 Å². The second kappa shape index (κ2) is 30.9. The molecule has 15 nitrogen and oxygen atoms in total. The maximum absolute atomic E-state index is 15.2. The molecule has 580 valence electrons. The van der Waals surface area contributed by atoms with Crippen LogP contribution in [0.1, 0.15) is 11.1 Å². The van der Waals surface area contributed by atoms with E-state index in [0.717, 1.165) is 94.2 Å². The number of benzene rings is 15. The third-order valence-corrected chi connectivity index (χ3v) is 22.0. The lowest BCUT2D eigenvalue weighted by molar-refractivity contribution is -0.137. The SMILES string of the molecule is [C-]#[N+]c1ccc(-n2c3ccc(-c4nc(-c5ccccc5)nc(-c5ccccc5)n4)cc3c3cc(-c4nc(-c5ccccc5)nc(-c5ccccc5)n4)ccc32)cc1-c1cc(-c2cc(C)cc(C(F)(F)F)c2)ccc1-n1c2ccc(-c3nc(-c4ccccc4)nc(-c4ccccc4)n3)cc2c2cc(-c3nc(-c4ccccc4)nc(-c4ccccc4)n3)ccc21. The molecule has 0 aliphatic carbocycles. The lowest BCUT2D eigenvalue weighted by Crippen LogP contribution is -2.05. The summed E-state index contributed by atoms with van der Waals surface area (Å²) >= 11 is 0. The Kier molecular flexibility index (Phi) is 18.6. The van der Waals surface area contributed by atoms with Gasteiger partial charge in [0, 0.05) is 94.0 Å². The maximum atomic E-state index is 15.2. The first kappa shape index (κ1) is 73.8. The van der Waals surface area contributed by atoms with Crippen molar-refractivity contribution in [3.8, 4) is 170 Å². The highest BCUT2D eigenvalue weighted by molar-refractivity contribution is 6.14. The fourth-order valence-corrected chi connectivity index (χ4v) is 16.1. The summed E-state index contributed by atoms with van der Waals surface area (Å²) < 4.78 is 49.9. The number of aromatic nitrogens is 14. The highest BCUT2D eigenvalue weighted by atomic mass is 19.4. The van der Waals surface area contributed by atoms with Crippen LogP contribution in [-0.4, -0.2) is 68.9 Å². The van der Waals surface area contributed by atoms with Crippen LogP contribution < -0.4 is 0 Å². The number of alkyl halides is 3. The van der Waals surface area contributed by atoms with Gasteiger partial charge < -0.3 is 9.13 Å². The second-order valence-corrected chi connectivity index (χ2v) is 29.9. The smallest absolute Gasteiger partial charge is 0.309 e. The molecule has 6 aromatic heterocycles. The zero-order chi connectivity index (χ0) is 82.7. The molecule has 0 radical (unpaired) electrons. The Labute approximate surface area is 703 Å². The molecule has 0 amide bonds. The molecule has 0 fully saturated rings. The predicted octanol–water partition coefficient (Wildman–Crippen LogP) is 25.8. The molecule has 18 heteroatoms. The van der Waals surface area contributed by atoms with Crippen molar-refractivity contribution in [3.05, 3.63) is 393 Å². The van der Waals surface area contributed by atoms with Crippen LogP contribution in [-0.2, 0) is 6.18 Å². The molecule has 21 aromatic rings. The Balaban J connectivity index is 0.808. The zero-order valence-electron chi connectivity index (χ0n) is 65.6. The molecule has 6 heterocycles. The molecule has 0 atom stereocenters. The van der Waals surface area contributed by atoms with Gasteiger partial charge in [-0.05, 0) is 144 Å². The van der Waals surface area contributed by atoms with Gasteiger partial charge in [0.15, 0.2) is 75.6 Å². The van der Waals surface area contributed by atoms with Gasteiger partial charge in [0.25, 0.3) is 0 Å². The molecule has 0 saturated carbocycles.